The van der Waals surface area contributed by atoms with Gasteiger partial charge in [-0.25, -0.2) is 4.98 Å². The SMILES string of the molecule is O=C(Cn1ccc2ccccc21)N[C@@H]1C[C@H](C(=O)NCc2ncn[nH]2)C[C@H]1O. The van der Waals surface area contributed by atoms with Gasteiger partial charge >= 0.3 is 0 Å². The molecule has 4 rings (SSSR count). The Labute approximate surface area is 161 Å². The molecule has 1 saturated carbocycles. The number of para-hydroxylation sites is 1. The Kier molecular flexibility index (Phi) is 5.07. The van der Waals surface area contributed by atoms with Crippen LogP contribution in [0.5, 0.6) is 0 Å². The Morgan fingerprint density at radius 2 is 2.11 bits per heavy atom. The van der Waals surface area contributed by atoms with Crippen LogP contribution >= 0.6 is 0 Å². The van der Waals surface area contributed by atoms with Crippen molar-refractivity contribution in [2.24, 2.45) is 5.92 Å². The Bertz CT molecular complexity index is 967. The molecule has 0 unspecified atom stereocenters. The van der Waals surface area contributed by atoms with E-state index in [0.29, 0.717) is 18.7 Å². The number of aliphatic hydroxyl groups is 1. The highest BCUT2D eigenvalue weighted by Crippen LogP contribution is 2.26. The topological polar surface area (TPSA) is 125 Å². The van der Waals surface area contributed by atoms with Crippen LogP contribution in [0.1, 0.15) is 18.7 Å². The van der Waals surface area contributed by atoms with Crippen LogP contribution in [0.3, 0.4) is 0 Å². The number of amides is 2. The summed E-state index contributed by atoms with van der Waals surface area (Å²) in [5, 5.41) is 23.4. The van der Waals surface area contributed by atoms with E-state index in [1.807, 2.05) is 41.1 Å². The van der Waals surface area contributed by atoms with E-state index in [0.717, 1.165) is 10.9 Å². The van der Waals surface area contributed by atoms with Gasteiger partial charge in [-0.2, -0.15) is 5.10 Å². The number of aromatic amines is 1. The Morgan fingerprint density at radius 3 is 2.93 bits per heavy atom. The highest BCUT2D eigenvalue weighted by atomic mass is 16.3. The number of carbonyl (C=O) groups excluding carboxylic acids is 2. The first kappa shape index (κ1) is 18.2. The van der Waals surface area contributed by atoms with Gasteiger partial charge in [-0.3, -0.25) is 14.7 Å². The number of aromatic nitrogens is 4. The van der Waals surface area contributed by atoms with Crippen LogP contribution in [-0.2, 0) is 22.7 Å². The lowest BCUT2D eigenvalue weighted by molar-refractivity contribution is -0.125. The number of benzene rings is 1. The zero-order valence-electron chi connectivity index (χ0n) is 15.2. The van der Waals surface area contributed by atoms with Gasteiger partial charge < -0.3 is 20.3 Å². The van der Waals surface area contributed by atoms with Crippen molar-refractivity contribution in [3.63, 3.8) is 0 Å². The molecule has 0 saturated heterocycles. The third-order valence-electron chi connectivity index (χ3n) is 5.14. The monoisotopic (exact) mass is 382 g/mol. The molecule has 9 nitrogen and oxygen atoms in total. The number of hydrogen-bond donors (Lipinski definition) is 4. The minimum absolute atomic E-state index is 0.163. The summed E-state index contributed by atoms with van der Waals surface area (Å²) in [6.45, 7) is 0.419. The van der Waals surface area contributed by atoms with E-state index in [2.05, 4.69) is 25.8 Å². The first-order valence-electron chi connectivity index (χ1n) is 9.23. The van der Waals surface area contributed by atoms with Crippen molar-refractivity contribution in [3.8, 4) is 0 Å². The molecule has 0 radical (unpaired) electrons. The lowest BCUT2D eigenvalue weighted by Crippen LogP contribution is -2.41. The van der Waals surface area contributed by atoms with Crippen molar-refractivity contribution in [1.82, 2.24) is 30.4 Å². The lowest BCUT2D eigenvalue weighted by Gasteiger charge is -2.17. The third-order valence-corrected chi connectivity index (χ3v) is 5.14. The highest BCUT2D eigenvalue weighted by Gasteiger charge is 2.37. The molecular weight excluding hydrogens is 360 g/mol. The molecule has 3 atom stereocenters. The van der Waals surface area contributed by atoms with Gasteiger partial charge in [0, 0.05) is 17.6 Å². The van der Waals surface area contributed by atoms with E-state index in [1.54, 1.807) is 0 Å². The average Bonchev–Trinajstić information content (AvgIpc) is 3.42. The largest absolute Gasteiger partial charge is 0.391 e. The van der Waals surface area contributed by atoms with Crippen molar-refractivity contribution >= 4 is 22.7 Å². The minimum atomic E-state index is -0.744. The van der Waals surface area contributed by atoms with Crippen LogP contribution in [0, 0.1) is 5.92 Å². The maximum Gasteiger partial charge on any atom is 0.240 e. The molecule has 3 aromatic rings. The summed E-state index contributed by atoms with van der Waals surface area (Å²) >= 11 is 0. The number of aliphatic hydroxyl groups excluding tert-OH is 1. The molecule has 1 fully saturated rings. The van der Waals surface area contributed by atoms with Gasteiger partial charge in [-0.15, -0.1) is 0 Å². The standard InChI is InChI=1S/C19H22N6O3/c26-16-8-13(19(28)20-9-17-21-11-22-24-17)7-14(16)23-18(27)10-25-6-5-12-3-1-2-4-15(12)25/h1-6,11,13-14,16,26H,7-10H2,(H,20,28)(H,23,27)(H,21,22,24)/t13-,14+,16+/m0/s1. The van der Waals surface area contributed by atoms with Gasteiger partial charge in [-0.05, 0) is 30.4 Å². The van der Waals surface area contributed by atoms with Crippen LogP contribution in [0.15, 0.2) is 42.9 Å². The predicted octanol–water partition coefficient (Wildman–Crippen LogP) is 0.331. The molecule has 4 N–H and O–H groups in total. The highest BCUT2D eigenvalue weighted by molar-refractivity contribution is 5.83. The molecule has 2 aromatic heterocycles. The molecule has 1 aliphatic rings. The smallest absolute Gasteiger partial charge is 0.240 e. The molecule has 9 heteroatoms. The molecule has 146 valence electrons. The van der Waals surface area contributed by atoms with Crippen molar-refractivity contribution in [1.29, 1.82) is 0 Å². The second-order valence-electron chi connectivity index (χ2n) is 7.06. The fraction of sp³-hybridized carbons (Fsp3) is 0.368. The molecular formula is C19H22N6O3. The zero-order valence-corrected chi connectivity index (χ0v) is 15.2. The number of nitrogens with zero attached hydrogens (tertiary/aromatic N) is 3. The van der Waals surface area contributed by atoms with Gasteiger partial charge in [-0.1, -0.05) is 18.2 Å². The zero-order chi connectivity index (χ0) is 19.5. The Balaban J connectivity index is 1.30. The molecule has 0 aliphatic heterocycles. The van der Waals surface area contributed by atoms with Gasteiger partial charge in [0.2, 0.25) is 11.8 Å². The van der Waals surface area contributed by atoms with E-state index < -0.39 is 12.1 Å². The van der Waals surface area contributed by atoms with Crippen LogP contribution in [-0.4, -0.2) is 48.8 Å². The third kappa shape index (κ3) is 3.89. The van der Waals surface area contributed by atoms with Gasteiger partial charge in [0.1, 0.15) is 18.7 Å². The fourth-order valence-corrected chi connectivity index (χ4v) is 3.70. The average molecular weight is 382 g/mol. The number of H-pyrrole nitrogens is 1. The van der Waals surface area contributed by atoms with Crippen LogP contribution < -0.4 is 10.6 Å². The molecule has 28 heavy (non-hydrogen) atoms. The van der Waals surface area contributed by atoms with Crippen molar-refractivity contribution in [2.45, 2.75) is 38.1 Å². The second kappa shape index (κ2) is 7.81. The predicted molar refractivity (Wildman–Crippen MR) is 101 cm³/mol. The first-order chi connectivity index (χ1) is 13.6. The van der Waals surface area contributed by atoms with E-state index in [4.69, 9.17) is 0 Å². The second-order valence-corrected chi connectivity index (χ2v) is 7.06. The Morgan fingerprint density at radius 1 is 1.25 bits per heavy atom. The summed E-state index contributed by atoms with van der Waals surface area (Å²) in [5.74, 6) is -0.136. The Hall–Kier alpha value is -3.20. The number of rotatable bonds is 6. The number of fused-ring (bicyclic) bond motifs is 1. The molecule has 0 bridgehead atoms. The summed E-state index contributed by atoms with van der Waals surface area (Å²) in [7, 11) is 0. The number of nitrogens with one attached hydrogen (secondary N) is 3. The van der Waals surface area contributed by atoms with E-state index in [1.165, 1.54) is 6.33 Å². The van der Waals surface area contributed by atoms with E-state index >= 15 is 0 Å². The van der Waals surface area contributed by atoms with Crippen molar-refractivity contribution in [3.05, 3.63) is 48.7 Å². The maximum atomic E-state index is 12.5. The van der Waals surface area contributed by atoms with Crippen LogP contribution in [0.25, 0.3) is 10.9 Å². The first-order valence-corrected chi connectivity index (χ1v) is 9.23. The van der Waals surface area contributed by atoms with Gasteiger partial charge in [0.25, 0.3) is 0 Å². The summed E-state index contributed by atoms with van der Waals surface area (Å²) in [6.07, 6.45) is 3.22. The molecule has 2 amide bonds. The van der Waals surface area contributed by atoms with Crippen molar-refractivity contribution in [2.75, 3.05) is 0 Å². The summed E-state index contributed by atoms with van der Waals surface area (Å²) < 4.78 is 1.87. The summed E-state index contributed by atoms with van der Waals surface area (Å²) in [5.41, 5.74) is 0.981. The quantitative estimate of drug-likeness (QED) is 0.489. The summed E-state index contributed by atoms with van der Waals surface area (Å²) in [6, 6.07) is 9.36. The lowest BCUT2D eigenvalue weighted by atomic mass is 10.1. The fourth-order valence-electron chi connectivity index (χ4n) is 3.70. The minimum Gasteiger partial charge on any atom is -0.391 e. The van der Waals surface area contributed by atoms with Crippen molar-refractivity contribution < 1.29 is 14.7 Å². The van der Waals surface area contributed by atoms with E-state index in [9.17, 15) is 14.7 Å². The van der Waals surface area contributed by atoms with Crippen LogP contribution in [0.2, 0.25) is 0 Å². The maximum absolute atomic E-state index is 12.5. The number of hydrogen-bond acceptors (Lipinski definition) is 5. The van der Waals surface area contributed by atoms with Crippen LogP contribution in [0.4, 0.5) is 0 Å². The molecule has 1 aliphatic carbocycles. The molecule has 0 spiro atoms. The van der Waals surface area contributed by atoms with E-state index in [-0.39, 0.29) is 30.8 Å². The molecule has 2 heterocycles. The normalized spacial score (nSPS) is 21.7. The summed E-state index contributed by atoms with van der Waals surface area (Å²) in [4.78, 5) is 28.7. The van der Waals surface area contributed by atoms with Gasteiger partial charge in [0.15, 0.2) is 0 Å². The number of carbonyl (C=O) groups is 2. The molecule has 1 aromatic carbocycles. The van der Waals surface area contributed by atoms with Gasteiger partial charge in [0.05, 0.1) is 18.7 Å².